The number of carbonyl (C=O) groups is 1. The summed E-state index contributed by atoms with van der Waals surface area (Å²) in [5.41, 5.74) is -2.90. The topological polar surface area (TPSA) is 107 Å². The van der Waals surface area contributed by atoms with Crippen LogP contribution in [0.5, 0.6) is 0 Å². The molecular weight excluding hydrogens is 450 g/mol. The zero-order valence-corrected chi connectivity index (χ0v) is 18.4. The Balaban J connectivity index is 2.45. The molecule has 1 amide bonds. The number of halogens is 3. The summed E-state index contributed by atoms with van der Waals surface area (Å²) in [5.74, 6) is -5.01. The molecule has 0 heterocycles. The first kappa shape index (κ1) is 24.7. The van der Waals surface area contributed by atoms with Crippen LogP contribution in [0.3, 0.4) is 0 Å². The first-order chi connectivity index (χ1) is 14.4. The maximum Gasteiger partial charge on any atom is 0.262 e. The molecule has 166 valence electrons. The van der Waals surface area contributed by atoms with Crippen LogP contribution in [0.1, 0.15) is 31.4 Å². The fraction of sp³-hybridized carbons (Fsp3) is 0.333. The van der Waals surface area contributed by atoms with Crippen LogP contribution in [-0.4, -0.2) is 30.9 Å². The molecule has 0 aliphatic carbocycles. The van der Waals surface area contributed by atoms with Gasteiger partial charge in [0, 0.05) is 5.69 Å². The Kier molecular flexibility index (Phi) is 7.76. The Bertz CT molecular complexity index is 1130. The molecule has 2 N–H and O–H groups in total. The summed E-state index contributed by atoms with van der Waals surface area (Å²) < 4.78 is 52.4. The normalized spacial score (nSPS) is 13.5. The van der Waals surface area contributed by atoms with Crippen LogP contribution in [-0.2, 0) is 20.2 Å². The molecule has 0 aliphatic rings. The van der Waals surface area contributed by atoms with Crippen molar-refractivity contribution < 1.29 is 27.1 Å². The van der Waals surface area contributed by atoms with Gasteiger partial charge in [0.15, 0.2) is 27.1 Å². The molecule has 1 atom stereocenters. The standard InChI is InChI=1S/C21H21ClF2N2O4S/c1-13(2)7-8-31(29,30)12-21(28,15-4-6-18(23)19(24)9-15)20(27)26-16-5-3-14(11-25)17(22)10-16/h3-6,9-10,13,28H,7-8,12H2,1-2H3,(H,26,27). The van der Waals surface area contributed by atoms with Crippen LogP contribution in [0, 0.1) is 28.9 Å². The molecule has 0 aliphatic heterocycles. The molecule has 0 fully saturated rings. The van der Waals surface area contributed by atoms with E-state index in [1.54, 1.807) is 0 Å². The summed E-state index contributed by atoms with van der Waals surface area (Å²) in [7, 11) is -3.96. The fourth-order valence-corrected chi connectivity index (χ4v) is 4.89. The van der Waals surface area contributed by atoms with Gasteiger partial charge >= 0.3 is 0 Å². The van der Waals surface area contributed by atoms with Crippen molar-refractivity contribution in [1.29, 1.82) is 5.26 Å². The van der Waals surface area contributed by atoms with E-state index < -0.39 is 44.3 Å². The molecule has 2 rings (SSSR count). The van der Waals surface area contributed by atoms with Crippen LogP contribution in [0.2, 0.25) is 5.02 Å². The first-order valence-electron chi connectivity index (χ1n) is 9.27. The highest BCUT2D eigenvalue weighted by molar-refractivity contribution is 7.91. The monoisotopic (exact) mass is 470 g/mol. The first-order valence-corrected chi connectivity index (χ1v) is 11.5. The van der Waals surface area contributed by atoms with Gasteiger partial charge in [-0.15, -0.1) is 0 Å². The Morgan fingerprint density at radius 1 is 1.23 bits per heavy atom. The molecule has 2 aromatic carbocycles. The number of benzene rings is 2. The lowest BCUT2D eigenvalue weighted by Crippen LogP contribution is -2.46. The highest BCUT2D eigenvalue weighted by atomic mass is 35.5. The Labute approximate surface area is 184 Å². The number of hydrogen-bond acceptors (Lipinski definition) is 5. The number of anilines is 1. The van der Waals surface area contributed by atoms with E-state index in [1.807, 2.05) is 19.9 Å². The van der Waals surface area contributed by atoms with Gasteiger partial charge in [-0.05, 0) is 48.2 Å². The SMILES string of the molecule is CC(C)CCS(=O)(=O)CC(O)(C(=O)Nc1ccc(C#N)c(Cl)c1)c1ccc(F)c(F)c1. The van der Waals surface area contributed by atoms with E-state index in [9.17, 15) is 27.1 Å². The second kappa shape index (κ2) is 9.73. The van der Waals surface area contributed by atoms with Gasteiger partial charge in [0.25, 0.3) is 5.91 Å². The lowest BCUT2D eigenvalue weighted by Gasteiger charge is -2.27. The van der Waals surface area contributed by atoms with E-state index in [0.29, 0.717) is 18.6 Å². The van der Waals surface area contributed by atoms with E-state index in [2.05, 4.69) is 5.32 Å². The molecule has 0 radical (unpaired) electrons. The van der Waals surface area contributed by atoms with Crippen molar-refractivity contribution in [2.24, 2.45) is 5.92 Å². The quantitative estimate of drug-likeness (QED) is 0.610. The number of aliphatic hydroxyl groups is 1. The van der Waals surface area contributed by atoms with E-state index in [4.69, 9.17) is 16.9 Å². The largest absolute Gasteiger partial charge is 0.374 e. The minimum Gasteiger partial charge on any atom is -0.374 e. The van der Waals surface area contributed by atoms with Crippen LogP contribution in [0.4, 0.5) is 14.5 Å². The number of hydrogen-bond donors (Lipinski definition) is 2. The number of rotatable bonds is 8. The molecule has 2 aromatic rings. The summed E-state index contributed by atoms with van der Waals surface area (Å²) in [5, 5.41) is 22.4. The highest BCUT2D eigenvalue weighted by Crippen LogP contribution is 2.29. The highest BCUT2D eigenvalue weighted by Gasteiger charge is 2.43. The summed E-state index contributed by atoms with van der Waals surface area (Å²) >= 11 is 5.94. The maximum absolute atomic E-state index is 13.8. The predicted molar refractivity (Wildman–Crippen MR) is 113 cm³/mol. The Hall–Kier alpha value is -2.54. The Morgan fingerprint density at radius 3 is 2.45 bits per heavy atom. The van der Waals surface area contributed by atoms with Gasteiger partial charge in [-0.3, -0.25) is 4.79 Å². The molecule has 6 nitrogen and oxygen atoms in total. The lowest BCUT2D eigenvalue weighted by molar-refractivity contribution is -0.132. The van der Waals surface area contributed by atoms with E-state index in [0.717, 1.165) is 6.07 Å². The van der Waals surface area contributed by atoms with E-state index in [-0.39, 0.29) is 27.9 Å². The average molecular weight is 471 g/mol. The third kappa shape index (κ3) is 6.23. The summed E-state index contributed by atoms with van der Waals surface area (Å²) in [6.07, 6.45) is 0.295. The molecule has 1 unspecified atom stereocenters. The zero-order chi connectivity index (χ0) is 23.4. The van der Waals surface area contributed by atoms with Gasteiger partial charge in [-0.25, -0.2) is 17.2 Å². The third-order valence-corrected chi connectivity index (χ3v) is 6.58. The molecule has 0 aromatic heterocycles. The lowest BCUT2D eigenvalue weighted by atomic mass is 9.94. The van der Waals surface area contributed by atoms with E-state index in [1.165, 1.54) is 18.2 Å². The molecule has 0 spiro atoms. The Morgan fingerprint density at radius 2 is 1.90 bits per heavy atom. The molecular formula is C21H21ClF2N2O4S. The van der Waals surface area contributed by atoms with Crippen molar-refractivity contribution in [2.75, 3.05) is 16.8 Å². The zero-order valence-electron chi connectivity index (χ0n) is 16.8. The van der Waals surface area contributed by atoms with Gasteiger partial charge in [0.05, 0.1) is 22.1 Å². The number of sulfone groups is 1. The van der Waals surface area contributed by atoms with Gasteiger partial charge in [-0.2, -0.15) is 5.26 Å². The molecule has 31 heavy (non-hydrogen) atoms. The van der Waals surface area contributed by atoms with Crippen molar-refractivity contribution >= 4 is 33.0 Å². The predicted octanol–water partition coefficient (Wildman–Crippen LogP) is 3.78. The number of nitrogens with one attached hydrogen (secondary N) is 1. The smallest absolute Gasteiger partial charge is 0.262 e. The maximum atomic E-state index is 13.8. The molecule has 0 saturated heterocycles. The fourth-order valence-electron chi connectivity index (χ4n) is 2.76. The number of amides is 1. The minimum absolute atomic E-state index is 0.0289. The number of nitriles is 1. The second-order valence-corrected chi connectivity index (χ2v) is 10.1. The van der Waals surface area contributed by atoms with Crippen LogP contribution >= 0.6 is 11.6 Å². The van der Waals surface area contributed by atoms with Gasteiger partial charge in [-0.1, -0.05) is 31.5 Å². The molecule has 0 saturated carbocycles. The number of nitrogens with zero attached hydrogens (tertiary/aromatic N) is 1. The van der Waals surface area contributed by atoms with Crippen LogP contribution < -0.4 is 5.32 Å². The van der Waals surface area contributed by atoms with E-state index >= 15 is 0 Å². The minimum atomic E-state index is -3.96. The third-order valence-electron chi connectivity index (χ3n) is 4.56. The van der Waals surface area contributed by atoms with Crippen molar-refractivity contribution in [3.8, 4) is 6.07 Å². The van der Waals surface area contributed by atoms with Crippen LogP contribution in [0.15, 0.2) is 36.4 Å². The summed E-state index contributed by atoms with van der Waals surface area (Å²) in [6.45, 7) is 3.64. The molecule has 0 bridgehead atoms. The van der Waals surface area contributed by atoms with Crippen molar-refractivity contribution in [3.63, 3.8) is 0 Å². The molecule has 10 heteroatoms. The summed E-state index contributed by atoms with van der Waals surface area (Å²) in [4.78, 5) is 13.0. The van der Waals surface area contributed by atoms with Gasteiger partial charge in [0.2, 0.25) is 0 Å². The van der Waals surface area contributed by atoms with Crippen molar-refractivity contribution in [2.45, 2.75) is 25.9 Å². The average Bonchev–Trinajstić information content (AvgIpc) is 2.68. The summed E-state index contributed by atoms with van der Waals surface area (Å²) in [6, 6.07) is 7.98. The van der Waals surface area contributed by atoms with Gasteiger partial charge in [0.1, 0.15) is 6.07 Å². The number of carbonyl (C=O) groups excluding carboxylic acids is 1. The van der Waals surface area contributed by atoms with Crippen molar-refractivity contribution in [1.82, 2.24) is 0 Å². The second-order valence-electron chi connectivity index (χ2n) is 7.52. The van der Waals surface area contributed by atoms with Crippen molar-refractivity contribution in [3.05, 3.63) is 64.2 Å². The van der Waals surface area contributed by atoms with Gasteiger partial charge < -0.3 is 10.4 Å². The van der Waals surface area contributed by atoms with Crippen LogP contribution in [0.25, 0.3) is 0 Å².